The van der Waals surface area contributed by atoms with Crippen molar-refractivity contribution in [2.45, 2.75) is 0 Å². The third-order valence-electron chi connectivity index (χ3n) is 0. The maximum atomic E-state index is 7.56. The first-order chi connectivity index (χ1) is 2.00. The molecule has 7 heavy (non-hydrogen) atoms. The first-order valence-electron chi connectivity index (χ1n) is 0.783. The van der Waals surface area contributed by atoms with Gasteiger partial charge in [0.05, 0.1) is 0 Å². The Bertz CT molecular complexity index is 57.8. The molecule has 41 valence electrons. The fraction of sp³-hybridized carbons (Fsp3) is 0. The molecule has 7 heteroatoms. The van der Waals surface area contributed by atoms with Crippen molar-refractivity contribution < 1.29 is 20.2 Å². The zero-order valence-corrected chi connectivity index (χ0v) is 7.41. The molecule has 0 aliphatic heterocycles. The molecule has 0 saturated heterocycles. The second-order valence-electron chi connectivity index (χ2n) is 0.513. The van der Waals surface area contributed by atoms with Gasteiger partial charge in [-0.1, -0.05) is 0 Å². The molecular formula is H5NaO4PS. The second kappa shape index (κ2) is 5.62. The van der Waals surface area contributed by atoms with Gasteiger partial charge in [-0.05, 0) is 11.8 Å². The van der Waals surface area contributed by atoms with E-state index in [9.17, 15) is 0 Å². The van der Waals surface area contributed by atoms with Crippen LogP contribution >= 0.6 is 6.72 Å². The van der Waals surface area contributed by atoms with Crippen LogP contribution in [-0.4, -0.2) is 49.7 Å². The first kappa shape index (κ1) is 15.8. The van der Waals surface area contributed by atoms with E-state index in [0.717, 1.165) is 0 Å². The number of hydrogen-bond acceptors (Lipinski definition) is 1. The smallest absolute Gasteiger partial charge is 0.319 e. The fourth-order valence-corrected chi connectivity index (χ4v) is 0. The molecule has 1 radical (unpaired) electrons. The van der Waals surface area contributed by atoms with E-state index in [2.05, 4.69) is 11.8 Å². The van der Waals surface area contributed by atoms with Crippen LogP contribution in [0.2, 0.25) is 0 Å². The summed E-state index contributed by atoms with van der Waals surface area (Å²) < 4.78 is 0. The molecule has 0 saturated carbocycles. The molecule has 0 aromatic heterocycles. The third-order valence-corrected chi connectivity index (χ3v) is 0. The van der Waals surface area contributed by atoms with E-state index in [-0.39, 0.29) is 35.0 Å². The summed E-state index contributed by atoms with van der Waals surface area (Å²) in [6.45, 7) is -3.81. The van der Waals surface area contributed by atoms with Gasteiger partial charge in [0.25, 0.3) is 0 Å². The van der Waals surface area contributed by atoms with E-state index in [0.29, 0.717) is 0 Å². The predicted molar refractivity (Wildman–Crippen MR) is 30.3 cm³/mol. The van der Waals surface area contributed by atoms with Crippen LogP contribution in [0, 0.1) is 0 Å². The first-order valence-corrected chi connectivity index (χ1v) is 3.44. The molecule has 5 N–H and O–H groups in total. The van der Waals surface area contributed by atoms with Crippen molar-refractivity contribution in [3.8, 4) is 0 Å². The van der Waals surface area contributed by atoms with Crippen LogP contribution < -0.4 is 0 Å². The van der Waals surface area contributed by atoms with Crippen LogP contribution in [0.5, 0.6) is 0 Å². The minimum atomic E-state index is -3.81. The van der Waals surface area contributed by atoms with Crippen LogP contribution in [0.3, 0.4) is 0 Å². The average Bonchev–Trinajstić information content (AvgIpc) is 0.722. The zero-order valence-electron chi connectivity index (χ0n) is 3.70. The molecule has 0 rings (SSSR count). The van der Waals surface area contributed by atoms with Gasteiger partial charge in [0.15, 0.2) is 0 Å². The molecule has 0 spiro atoms. The average molecular weight is 155 g/mol. The Hall–Kier alpha value is 1.49. The molecule has 0 aromatic carbocycles. The minimum Gasteiger partial charge on any atom is -0.412 e. The summed E-state index contributed by atoms with van der Waals surface area (Å²) in [7, 11) is 0. The van der Waals surface area contributed by atoms with Gasteiger partial charge < -0.3 is 20.2 Å². The van der Waals surface area contributed by atoms with Gasteiger partial charge in [0.1, 0.15) is 0 Å². The summed E-state index contributed by atoms with van der Waals surface area (Å²) in [5, 5.41) is 0. The predicted octanol–water partition coefficient (Wildman–Crippen LogP) is -2.02. The largest absolute Gasteiger partial charge is 0.412 e. The van der Waals surface area contributed by atoms with Crippen LogP contribution in [0.25, 0.3) is 0 Å². The van der Waals surface area contributed by atoms with Crippen LogP contribution in [-0.2, 0) is 11.8 Å². The van der Waals surface area contributed by atoms with Crippen molar-refractivity contribution in [3.63, 3.8) is 0 Å². The summed E-state index contributed by atoms with van der Waals surface area (Å²) in [6.07, 6.45) is 0. The Labute approximate surface area is 68.0 Å². The molecule has 0 fully saturated rings. The van der Waals surface area contributed by atoms with E-state index in [1.165, 1.54) is 0 Å². The fourth-order valence-electron chi connectivity index (χ4n) is 0. The van der Waals surface area contributed by atoms with E-state index in [1.54, 1.807) is 0 Å². The van der Waals surface area contributed by atoms with E-state index < -0.39 is 6.72 Å². The molecule has 0 heterocycles. The van der Waals surface area contributed by atoms with Gasteiger partial charge in [-0.25, -0.2) is 0 Å². The Morgan fingerprint density at radius 2 is 1.14 bits per heavy atom. The van der Waals surface area contributed by atoms with Gasteiger partial charge in [-0.2, -0.15) is 0 Å². The van der Waals surface area contributed by atoms with Gasteiger partial charge >= 0.3 is 6.72 Å². The quantitative estimate of drug-likeness (QED) is 0.278. The molecule has 0 bridgehead atoms. The van der Waals surface area contributed by atoms with Crippen molar-refractivity contribution in [1.29, 1.82) is 0 Å². The van der Waals surface area contributed by atoms with Gasteiger partial charge in [-0.3, -0.25) is 0 Å². The maximum absolute atomic E-state index is 7.56. The summed E-state index contributed by atoms with van der Waals surface area (Å²) in [6, 6.07) is 0. The van der Waals surface area contributed by atoms with Gasteiger partial charge in [0, 0.05) is 29.6 Å². The monoisotopic (exact) mass is 155 g/mol. The van der Waals surface area contributed by atoms with E-state index in [4.69, 9.17) is 14.7 Å². The number of rotatable bonds is 0. The maximum Gasteiger partial charge on any atom is 0.319 e. The zero-order chi connectivity index (χ0) is 4.50. The molecule has 0 aromatic rings. The third kappa shape index (κ3) is 102. The van der Waals surface area contributed by atoms with Gasteiger partial charge in [0.2, 0.25) is 0 Å². The molecule has 0 atom stereocenters. The summed E-state index contributed by atoms with van der Waals surface area (Å²) in [5.74, 6) is 0. The van der Waals surface area contributed by atoms with E-state index in [1.807, 2.05) is 0 Å². The Kier molecular flexibility index (Phi) is 12.7. The summed E-state index contributed by atoms with van der Waals surface area (Å²) in [4.78, 5) is 22.7. The molecule has 0 amide bonds. The molecule has 0 aliphatic carbocycles. The molecule has 0 unspecified atom stereocenters. The Morgan fingerprint density at radius 3 is 1.14 bits per heavy atom. The normalized spacial score (nSPS) is 8.43. The minimum absolute atomic E-state index is 0. The SMILES string of the molecule is O.OP(O)(O)=S.[Na]. The van der Waals surface area contributed by atoms with Crippen LogP contribution in [0.1, 0.15) is 0 Å². The van der Waals surface area contributed by atoms with Gasteiger partial charge in [-0.15, -0.1) is 0 Å². The second-order valence-corrected chi connectivity index (χ2v) is 3.01. The Morgan fingerprint density at radius 1 is 1.14 bits per heavy atom. The molecular weight excluding hydrogens is 150 g/mol. The van der Waals surface area contributed by atoms with Crippen molar-refractivity contribution in [3.05, 3.63) is 0 Å². The van der Waals surface area contributed by atoms with Crippen LogP contribution in [0.4, 0.5) is 0 Å². The summed E-state index contributed by atoms with van der Waals surface area (Å²) in [5.41, 5.74) is 0. The topological polar surface area (TPSA) is 92.2 Å². The molecule has 0 aliphatic rings. The van der Waals surface area contributed by atoms with Crippen molar-refractivity contribution in [1.82, 2.24) is 0 Å². The standard InChI is InChI=1S/Na.H3O3PS.H2O/c;1-4(2,3)5;/h;(H3,1,2,3,5);1H2. The molecule has 4 nitrogen and oxygen atoms in total. The Balaban J connectivity index is -0.0000000800. The van der Waals surface area contributed by atoms with Crippen molar-refractivity contribution >= 4 is 48.1 Å². The van der Waals surface area contributed by atoms with Crippen molar-refractivity contribution in [2.75, 3.05) is 0 Å². The summed E-state index contributed by atoms with van der Waals surface area (Å²) >= 11 is 3.60. The van der Waals surface area contributed by atoms with Crippen molar-refractivity contribution in [2.24, 2.45) is 0 Å². The number of hydrogen-bond donors (Lipinski definition) is 3. The van der Waals surface area contributed by atoms with Crippen LogP contribution in [0.15, 0.2) is 0 Å². The van der Waals surface area contributed by atoms with E-state index >= 15 is 0 Å².